The van der Waals surface area contributed by atoms with E-state index in [0.717, 1.165) is 28.1 Å². The molecule has 0 radical (unpaired) electrons. The van der Waals surface area contributed by atoms with Crippen molar-refractivity contribution in [3.05, 3.63) is 102 Å². The molecule has 2 heterocycles. The molecule has 0 unspecified atom stereocenters. The number of hydrogen-bond acceptors (Lipinski definition) is 8. The van der Waals surface area contributed by atoms with Gasteiger partial charge in [0.15, 0.2) is 12.4 Å². The Morgan fingerprint density at radius 2 is 1.82 bits per heavy atom. The maximum atomic E-state index is 12.3. The molecule has 5 rings (SSSR count). The van der Waals surface area contributed by atoms with E-state index in [-0.39, 0.29) is 12.5 Å². The molecule has 0 aliphatic carbocycles. The molecule has 0 fully saturated rings. The first kappa shape index (κ1) is 24.7. The lowest BCUT2D eigenvalue weighted by molar-refractivity contribution is -0.118. The molecule has 0 saturated carbocycles. The molecule has 4 aromatic rings. The standard InChI is InChI=1S/C29H26N6O3/c30-14-21(15-31)19-9-11-23(12-10-19)33-29-25-16-37-17-26(25)34-28(35-29)20-5-4-8-24(13-20)38-18-27(36)32-22-6-2-1-3-7-22/h1-15,30H,16-18,31H2,(H,32,36)(H,33,34,35)/b21-15+,30-14?. The number of allylic oxidation sites excluding steroid dienone is 1. The summed E-state index contributed by atoms with van der Waals surface area (Å²) in [5.74, 6) is 1.46. The second-order valence-corrected chi connectivity index (χ2v) is 8.51. The summed E-state index contributed by atoms with van der Waals surface area (Å²) < 4.78 is 11.4. The highest BCUT2D eigenvalue weighted by Gasteiger charge is 2.21. The molecule has 38 heavy (non-hydrogen) atoms. The van der Waals surface area contributed by atoms with Crippen LogP contribution in [0.5, 0.6) is 5.75 Å². The van der Waals surface area contributed by atoms with E-state index in [1.54, 1.807) is 6.07 Å². The number of amides is 1. The van der Waals surface area contributed by atoms with Crippen LogP contribution in [-0.2, 0) is 22.7 Å². The minimum absolute atomic E-state index is 0.126. The SMILES string of the molecule is N=C/C(=C\N)c1ccc(Nc2nc(-c3cccc(OCC(=O)Nc4ccccc4)c3)nc3c2COC3)cc1. The molecule has 5 N–H and O–H groups in total. The van der Waals surface area contributed by atoms with Crippen molar-refractivity contribution in [1.82, 2.24) is 9.97 Å². The van der Waals surface area contributed by atoms with Gasteiger partial charge in [-0.2, -0.15) is 0 Å². The highest BCUT2D eigenvalue weighted by Crippen LogP contribution is 2.31. The van der Waals surface area contributed by atoms with E-state index in [1.807, 2.05) is 72.8 Å². The zero-order valence-corrected chi connectivity index (χ0v) is 20.5. The minimum atomic E-state index is -0.250. The first-order valence-corrected chi connectivity index (χ1v) is 12.0. The van der Waals surface area contributed by atoms with Gasteiger partial charge >= 0.3 is 0 Å². The van der Waals surface area contributed by atoms with Crippen LogP contribution in [0.2, 0.25) is 0 Å². The number of fused-ring (bicyclic) bond motifs is 1. The largest absolute Gasteiger partial charge is 0.484 e. The van der Waals surface area contributed by atoms with Crippen molar-refractivity contribution < 1.29 is 14.3 Å². The summed E-state index contributed by atoms with van der Waals surface area (Å²) in [5, 5.41) is 13.7. The lowest BCUT2D eigenvalue weighted by Gasteiger charge is -2.13. The Bertz CT molecular complexity index is 1490. The van der Waals surface area contributed by atoms with Crippen molar-refractivity contribution in [3.8, 4) is 17.1 Å². The summed E-state index contributed by atoms with van der Waals surface area (Å²) in [5.41, 5.74) is 11.1. The quantitative estimate of drug-likeness (QED) is 0.238. The molecule has 9 nitrogen and oxygen atoms in total. The van der Waals surface area contributed by atoms with Gasteiger partial charge in [-0.05, 0) is 42.0 Å². The Morgan fingerprint density at radius 1 is 1.00 bits per heavy atom. The van der Waals surface area contributed by atoms with E-state index in [1.165, 1.54) is 12.4 Å². The molecule has 0 spiro atoms. The minimum Gasteiger partial charge on any atom is -0.484 e. The summed E-state index contributed by atoms with van der Waals surface area (Å²) in [6.45, 7) is 0.695. The Labute approximate surface area is 219 Å². The third kappa shape index (κ3) is 5.69. The van der Waals surface area contributed by atoms with Crippen LogP contribution < -0.4 is 21.1 Å². The van der Waals surface area contributed by atoms with Crippen molar-refractivity contribution in [2.75, 3.05) is 17.2 Å². The Kier molecular flexibility index (Phi) is 7.37. The van der Waals surface area contributed by atoms with E-state index < -0.39 is 0 Å². The molecule has 3 aromatic carbocycles. The maximum absolute atomic E-state index is 12.3. The predicted molar refractivity (Wildman–Crippen MR) is 147 cm³/mol. The average molecular weight is 507 g/mol. The lowest BCUT2D eigenvalue weighted by Crippen LogP contribution is -2.20. The highest BCUT2D eigenvalue weighted by molar-refractivity contribution is 6.08. The number of nitrogens with zero attached hydrogens (tertiary/aromatic N) is 2. The zero-order valence-electron chi connectivity index (χ0n) is 20.5. The van der Waals surface area contributed by atoms with Gasteiger partial charge in [0.2, 0.25) is 0 Å². The molecular weight excluding hydrogens is 480 g/mol. The number of carbonyl (C=O) groups excluding carboxylic acids is 1. The van der Waals surface area contributed by atoms with Crippen LogP contribution in [0.15, 0.2) is 85.1 Å². The predicted octanol–water partition coefficient (Wildman–Crippen LogP) is 4.88. The van der Waals surface area contributed by atoms with Crippen molar-refractivity contribution in [2.45, 2.75) is 13.2 Å². The van der Waals surface area contributed by atoms with Crippen LogP contribution >= 0.6 is 0 Å². The summed E-state index contributed by atoms with van der Waals surface area (Å²) >= 11 is 0. The monoisotopic (exact) mass is 506 g/mol. The van der Waals surface area contributed by atoms with Gasteiger partial charge in [0.25, 0.3) is 5.91 Å². The number of rotatable bonds is 9. The van der Waals surface area contributed by atoms with Gasteiger partial charge in [-0.15, -0.1) is 0 Å². The van der Waals surface area contributed by atoms with Crippen LogP contribution in [0.4, 0.5) is 17.2 Å². The van der Waals surface area contributed by atoms with E-state index >= 15 is 0 Å². The summed E-state index contributed by atoms with van der Waals surface area (Å²) in [6.07, 6.45) is 2.63. The van der Waals surface area contributed by atoms with Crippen LogP contribution in [0.1, 0.15) is 16.8 Å². The fourth-order valence-electron chi connectivity index (χ4n) is 3.99. The third-order valence-electron chi connectivity index (χ3n) is 5.91. The number of ether oxygens (including phenoxy) is 2. The van der Waals surface area contributed by atoms with Gasteiger partial charge < -0.3 is 31.3 Å². The number of benzene rings is 3. The molecule has 0 atom stereocenters. The molecule has 9 heteroatoms. The normalized spacial score (nSPS) is 12.5. The zero-order chi connectivity index (χ0) is 26.3. The molecule has 190 valence electrons. The highest BCUT2D eigenvalue weighted by atomic mass is 16.5. The topological polar surface area (TPSA) is 135 Å². The average Bonchev–Trinajstić information content (AvgIpc) is 3.43. The first-order valence-electron chi connectivity index (χ1n) is 12.0. The number of para-hydroxylation sites is 1. The van der Waals surface area contributed by atoms with Crippen LogP contribution in [0.25, 0.3) is 17.0 Å². The number of nitrogens with two attached hydrogens (primary N) is 1. The molecule has 0 bridgehead atoms. The van der Waals surface area contributed by atoms with E-state index in [2.05, 4.69) is 10.6 Å². The molecule has 1 amide bonds. The van der Waals surface area contributed by atoms with Crippen molar-refractivity contribution in [3.63, 3.8) is 0 Å². The fourth-order valence-corrected chi connectivity index (χ4v) is 3.99. The number of anilines is 3. The first-order chi connectivity index (χ1) is 18.6. The van der Waals surface area contributed by atoms with E-state index in [9.17, 15) is 4.79 Å². The van der Waals surface area contributed by atoms with E-state index in [0.29, 0.717) is 41.9 Å². The second-order valence-electron chi connectivity index (χ2n) is 8.51. The van der Waals surface area contributed by atoms with Crippen LogP contribution in [0, 0.1) is 5.41 Å². The van der Waals surface area contributed by atoms with Crippen molar-refractivity contribution >= 4 is 34.9 Å². The Morgan fingerprint density at radius 3 is 2.58 bits per heavy atom. The fraction of sp³-hybridized carbons (Fsp3) is 0.103. The van der Waals surface area contributed by atoms with Gasteiger partial charge in [-0.1, -0.05) is 42.5 Å². The summed E-state index contributed by atoms with van der Waals surface area (Å²) in [6, 6.07) is 24.1. The second kappa shape index (κ2) is 11.4. The van der Waals surface area contributed by atoms with Gasteiger partial charge in [0.05, 0.1) is 18.9 Å². The Hall–Kier alpha value is -5.02. The van der Waals surface area contributed by atoms with E-state index in [4.69, 9.17) is 30.6 Å². The Balaban J connectivity index is 1.33. The molecule has 1 aromatic heterocycles. The molecule has 1 aliphatic heterocycles. The lowest BCUT2D eigenvalue weighted by atomic mass is 10.1. The van der Waals surface area contributed by atoms with Crippen molar-refractivity contribution in [2.24, 2.45) is 5.73 Å². The number of nitrogens with one attached hydrogen (secondary N) is 3. The summed E-state index contributed by atoms with van der Waals surface area (Å²) in [4.78, 5) is 21.8. The molecule has 0 saturated heterocycles. The van der Waals surface area contributed by atoms with Gasteiger partial charge in [-0.25, -0.2) is 9.97 Å². The molecule has 1 aliphatic rings. The van der Waals surface area contributed by atoms with Crippen LogP contribution in [-0.4, -0.2) is 28.7 Å². The maximum Gasteiger partial charge on any atom is 0.262 e. The molecular formula is C29H26N6O3. The van der Waals surface area contributed by atoms with Gasteiger partial charge in [0, 0.05) is 40.5 Å². The summed E-state index contributed by atoms with van der Waals surface area (Å²) in [7, 11) is 0. The number of carbonyl (C=O) groups is 1. The number of hydrogen-bond donors (Lipinski definition) is 4. The van der Waals surface area contributed by atoms with Crippen LogP contribution in [0.3, 0.4) is 0 Å². The third-order valence-corrected chi connectivity index (χ3v) is 5.91. The smallest absolute Gasteiger partial charge is 0.262 e. The van der Waals surface area contributed by atoms with Crippen molar-refractivity contribution in [1.29, 1.82) is 5.41 Å². The van der Waals surface area contributed by atoms with Gasteiger partial charge in [0.1, 0.15) is 11.6 Å². The number of aromatic nitrogens is 2. The van der Waals surface area contributed by atoms with Gasteiger partial charge in [-0.3, -0.25) is 4.79 Å².